The molecule has 0 aliphatic heterocycles. The third-order valence-electron chi connectivity index (χ3n) is 1.85. The smallest absolute Gasteiger partial charge is 0.180 e. The van der Waals surface area contributed by atoms with Gasteiger partial charge in [-0.25, -0.2) is 0 Å². The first kappa shape index (κ1) is 11.8. The second kappa shape index (κ2) is 6.35. The first-order valence-corrected chi connectivity index (χ1v) is 4.35. The molecule has 0 amide bonds. The van der Waals surface area contributed by atoms with Crippen molar-refractivity contribution in [2.45, 2.75) is 19.8 Å². The van der Waals surface area contributed by atoms with Crippen LogP contribution in [0.15, 0.2) is 29.8 Å². The molecule has 0 aromatic carbocycles. The number of nitrogens with zero attached hydrogens (tertiary/aromatic N) is 1. The lowest BCUT2D eigenvalue weighted by Gasteiger charge is -2.11. The Labute approximate surface area is 80.1 Å². The van der Waals surface area contributed by atoms with Crippen LogP contribution in [0.3, 0.4) is 0 Å². The van der Waals surface area contributed by atoms with E-state index in [2.05, 4.69) is 18.2 Å². The summed E-state index contributed by atoms with van der Waals surface area (Å²) in [6.45, 7) is 9.29. The van der Waals surface area contributed by atoms with E-state index in [1.165, 1.54) is 6.21 Å². The molecule has 0 saturated carbocycles. The molecule has 72 valence electrons. The van der Waals surface area contributed by atoms with Crippen LogP contribution in [-0.4, -0.2) is 19.0 Å². The number of ketones is 1. The molecule has 1 unspecified atom stereocenters. The van der Waals surface area contributed by atoms with Crippen molar-refractivity contribution in [1.29, 1.82) is 0 Å². The third-order valence-corrected chi connectivity index (χ3v) is 1.85. The van der Waals surface area contributed by atoms with Crippen molar-refractivity contribution in [3.63, 3.8) is 0 Å². The van der Waals surface area contributed by atoms with Crippen LogP contribution in [0.4, 0.5) is 0 Å². The summed E-state index contributed by atoms with van der Waals surface area (Å²) >= 11 is 0. The van der Waals surface area contributed by atoms with Crippen molar-refractivity contribution in [3.05, 3.63) is 24.8 Å². The van der Waals surface area contributed by atoms with Crippen LogP contribution >= 0.6 is 0 Å². The zero-order valence-corrected chi connectivity index (χ0v) is 8.42. The fourth-order valence-corrected chi connectivity index (χ4v) is 1.13. The number of rotatable bonds is 6. The molecule has 0 rings (SSSR count). The van der Waals surface area contributed by atoms with Gasteiger partial charge in [0.05, 0.1) is 6.21 Å². The Morgan fingerprint density at radius 2 is 2.23 bits per heavy atom. The lowest BCUT2D eigenvalue weighted by atomic mass is 9.92. The highest BCUT2D eigenvalue weighted by Gasteiger charge is 2.15. The van der Waals surface area contributed by atoms with Gasteiger partial charge in [-0.05, 0) is 19.8 Å². The van der Waals surface area contributed by atoms with Gasteiger partial charge >= 0.3 is 0 Å². The van der Waals surface area contributed by atoms with E-state index in [1.54, 1.807) is 7.05 Å². The van der Waals surface area contributed by atoms with E-state index in [0.717, 1.165) is 18.4 Å². The summed E-state index contributed by atoms with van der Waals surface area (Å²) < 4.78 is 0. The van der Waals surface area contributed by atoms with Gasteiger partial charge in [0.25, 0.3) is 0 Å². The van der Waals surface area contributed by atoms with Gasteiger partial charge in [-0.15, -0.1) is 6.58 Å². The molecule has 0 spiro atoms. The SMILES string of the molecule is C=CCCC(C(=C)C)C(=O)/C=N/C. The average Bonchev–Trinajstić information content (AvgIpc) is 2.05. The molecule has 0 aromatic rings. The molecule has 0 saturated heterocycles. The predicted octanol–water partition coefficient (Wildman–Crippen LogP) is 2.41. The quantitative estimate of drug-likeness (QED) is 0.455. The molecule has 0 bridgehead atoms. The van der Waals surface area contributed by atoms with Crippen LogP contribution in [0.25, 0.3) is 0 Å². The zero-order chi connectivity index (χ0) is 10.3. The Balaban J connectivity index is 4.32. The Bertz CT molecular complexity index is 228. The van der Waals surface area contributed by atoms with Crippen molar-refractivity contribution < 1.29 is 4.79 Å². The molecule has 2 heteroatoms. The maximum Gasteiger partial charge on any atom is 0.180 e. The van der Waals surface area contributed by atoms with Crippen molar-refractivity contribution in [1.82, 2.24) is 0 Å². The highest BCUT2D eigenvalue weighted by molar-refractivity contribution is 6.29. The predicted molar refractivity (Wildman–Crippen MR) is 57.2 cm³/mol. The number of hydrogen-bond acceptors (Lipinski definition) is 2. The second-order valence-corrected chi connectivity index (χ2v) is 3.05. The van der Waals surface area contributed by atoms with E-state index < -0.39 is 0 Å². The Hall–Kier alpha value is -1.18. The molecule has 0 aliphatic rings. The number of hydrogen-bond donors (Lipinski definition) is 0. The van der Waals surface area contributed by atoms with Crippen LogP contribution in [-0.2, 0) is 4.79 Å². The van der Waals surface area contributed by atoms with Gasteiger partial charge < -0.3 is 0 Å². The van der Waals surface area contributed by atoms with E-state index in [1.807, 2.05) is 13.0 Å². The lowest BCUT2D eigenvalue weighted by molar-refractivity contribution is -0.115. The van der Waals surface area contributed by atoms with E-state index in [-0.39, 0.29) is 11.7 Å². The Morgan fingerprint density at radius 1 is 1.62 bits per heavy atom. The summed E-state index contributed by atoms with van der Waals surface area (Å²) in [5.41, 5.74) is 0.895. The monoisotopic (exact) mass is 179 g/mol. The molecule has 0 aromatic heterocycles. The third kappa shape index (κ3) is 4.41. The standard InChI is InChI=1S/C11H17NO/c1-5-6-7-10(9(2)3)11(13)8-12-4/h5,8,10H,1-2,6-7H2,3-4H3/b12-8+. The van der Waals surface area contributed by atoms with Gasteiger partial charge in [-0.1, -0.05) is 18.2 Å². The summed E-state index contributed by atoms with van der Waals surface area (Å²) in [4.78, 5) is 15.2. The summed E-state index contributed by atoms with van der Waals surface area (Å²) in [6.07, 6.45) is 4.79. The van der Waals surface area contributed by atoms with Gasteiger partial charge in [-0.3, -0.25) is 9.79 Å². The van der Waals surface area contributed by atoms with Crippen molar-refractivity contribution in [2.75, 3.05) is 7.05 Å². The van der Waals surface area contributed by atoms with Gasteiger partial charge in [0.1, 0.15) is 0 Å². The van der Waals surface area contributed by atoms with E-state index in [9.17, 15) is 4.79 Å². The van der Waals surface area contributed by atoms with Crippen molar-refractivity contribution in [2.24, 2.45) is 10.9 Å². The first-order valence-electron chi connectivity index (χ1n) is 4.35. The topological polar surface area (TPSA) is 29.4 Å². The largest absolute Gasteiger partial charge is 0.293 e. The molecule has 13 heavy (non-hydrogen) atoms. The first-order chi connectivity index (χ1) is 6.13. The minimum Gasteiger partial charge on any atom is -0.293 e. The lowest BCUT2D eigenvalue weighted by Crippen LogP contribution is -2.16. The number of aliphatic imine (C=N–C) groups is 1. The Kier molecular flexibility index (Phi) is 5.77. The van der Waals surface area contributed by atoms with Crippen molar-refractivity contribution in [3.8, 4) is 0 Å². The molecule has 0 N–H and O–H groups in total. The van der Waals surface area contributed by atoms with Crippen molar-refractivity contribution >= 4 is 12.0 Å². The number of carbonyl (C=O) groups is 1. The molecule has 0 aliphatic carbocycles. The minimum atomic E-state index is -0.0956. The van der Waals surface area contributed by atoms with Crippen LogP contribution < -0.4 is 0 Å². The molecular weight excluding hydrogens is 162 g/mol. The number of Topliss-reactive ketones (excluding diaryl/α,β-unsaturated/α-hetero) is 1. The van der Waals surface area contributed by atoms with Gasteiger partial charge in [0.2, 0.25) is 0 Å². The summed E-state index contributed by atoms with van der Waals surface area (Å²) in [5, 5.41) is 0. The fourth-order valence-electron chi connectivity index (χ4n) is 1.13. The Morgan fingerprint density at radius 3 is 2.62 bits per heavy atom. The van der Waals surface area contributed by atoms with Gasteiger partial charge in [0, 0.05) is 13.0 Å². The molecule has 0 fully saturated rings. The summed E-state index contributed by atoms with van der Waals surface area (Å²) in [6, 6.07) is 0. The molecule has 2 nitrogen and oxygen atoms in total. The van der Waals surface area contributed by atoms with E-state index in [4.69, 9.17) is 0 Å². The van der Waals surface area contributed by atoms with Crippen LogP contribution in [0.5, 0.6) is 0 Å². The summed E-state index contributed by atoms with van der Waals surface area (Å²) in [5.74, 6) is -0.0569. The molecule has 0 heterocycles. The van der Waals surface area contributed by atoms with E-state index >= 15 is 0 Å². The highest BCUT2D eigenvalue weighted by Crippen LogP contribution is 2.15. The highest BCUT2D eigenvalue weighted by atomic mass is 16.1. The zero-order valence-electron chi connectivity index (χ0n) is 8.42. The molecule has 0 radical (unpaired) electrons. The van der Waals surface area contributed by atoms with Gasteiger partial charge in [0.15, 0.2) is 5.78 Å². The maximum absolute atomic E-state index is 11.4. The maximum atomic E-state index is 11.4. The molecular formula is C11H17NO. The van der Waals surface area contributed by atoms with Crippen LogP contribution in [0.1, 0.15) is 19.8 Å². The second-order valence-electron chi connectivity index (χ2n) is 3.05. The minimum absolute atomic E-state index is 0.0388. The molecule has 1 atom stereocenters. The van der Waals surface area contributed by atoms with Gasteiger partial charge in [-0.2, -0.15) is 0 Å². The van der Waals surface area contributed by atoms with Crippen LogP contribution in [0, 0.1) is 5.92 Å². The fraction of sp³-hybridized carbons (Fsp3) is 0.455. The number of allylic oxidation sites excluding steroid dienone is 2. The summed E-state index contributed by atoms with van der Waals surface area (Å²) in [7, 11) is 1.60. The normalized spacial score (nSPS) is 12.8. The average molecular weight is 179 g/mol. The van der Waals surface area contributed by atoms with E-state index in [0.29, 0.717) is 0 Å². The number of carbonyl (C=O) groups excluding carboxylic acids is 1. The van der Waals surface area contributed by atoms with Crippen LogP contribution in [0.2, 0.25) is 0 Å².